The van der Waals surface area contributed by atoms with Crippen molar-refractivity contribution < 1.29 is 9.53 Å². The Balaban J connectivity index is 1.31. The Labute approximate surface area is 166 Å². The summed E-state index contributed by atoms with van der Waals surface area (Å²) in [6, 6.07) is 18.5. The molecule has 2 aromatic rings. The first kappa shape index (κ1) is 18.8. The number of nitrogens with one attached hydrogen (secondary N) is 1. The molecule has 2 aliphatic rings. The predicted octanol–water partition coefficient (Wildman–Crippen LogP) is 2.28. The van der Waals surface area contributed by atoms with Gasteiger partial charge >= 0.3 is 0 Å². The molecule has 28 heavy (non-hydrogen) atoms. The lowest BCUT2D eigenvalue weighted by atomic mass is 10.2. The molecule has 6 heteroatoms. The second kappa shape index (κ2) is 9.08. The highest BCUT2D eigenvalue weighted by Crippen LogP contribution is 2.26. The fourth-order valence-corrected chi connectivity index (χ4v) is 3.86. The molecule has 1 N–H and O–H groups in total. The van der Waals surface area contributed by atoms with E-state index in [1.807, 2.05) is 24.3 Å². The summed E-state index contributed by atoms with van der Waals surface area (Å²) < 4.78 is 5.44. The van der Waals surface area contributed by atoms with Crippen molar-refractivity contribution in [3.63, 3.8) is 0 Å². The third kappa shape index (κ3) is 4.64. The Morgan fingerprint density at radius 2 is 1.50 bits per heavy atom. The van der Waals surface area contributed by atoms with E-state index < -0.39 is 0 Å². The zero-order valence-electron chi connectivity index (χ0n) is 16.2. The van der Waals surface area contributed by atoms with E-state index in [1.54, 1.807) is 0 Å². The number of benzene rings is 2. The third-order valence-corrected chi connectivity index (χ3v) is 5.39. The van der Waals surface area contributed by atoms with Gasteiger partial charge in [-0.1, -0.05) is 30.3 Å². The van der Waals surface area contributed by atoms with Gasteiger partial charge in [0.1, 0.15) is 0 Å². The summed E-state index contributed by atoms with van der Waals surface area (Å²) in [5, 5.41) is 3.12. The molecule has 2 fully saturated rings. The highest BCUT2D eigenvalue weighted by Gasteiger charge is 2.20. The fraction of sp³-hybridized carbons (Fsp3) is 0.409. The first-order chi connectivity index (χ1) is 13.8. The largest absolute Gasteiger partial charge is 0.378 e. The van der Waals surface area contributed by atoms with Crippen LogP contribution in [0, 0.1) is 0 Å². The summed E-state index contributed by atoms with van der Waals surface area (Å²) in [6.45, 7) is 7.29. The van der Waals surface area contributed by atoms with Gasteiger partial charge in [0.25, 0.3) is 0 Å². The molecule has 4 rings (SSSR count). The minimum Gasteiger partial charge on any atom is -0.378 e. The van der Waals surface area contributed by atoms with Crippen molar-refractivity contribution in [3.05, 3.63) is 54.6 Å². The van der Waals surface area contributed by atoms with E-state index in [9.17, 15) is 4.79 Å². The Morgan fingerprint density at radius 1 is 0.821 bits per heavy atom. The van der Waals surface area contributed by atoms with Crippen molar-refractivity contribution >= 4 is 23.0 Å². The van der Waals surface area contributed by atoms with Gasteiger partial charge in [-0.2, -0.15) is 0 Å². The Bertz CT molecular complexity index is 769. The first-order valence-electron chi connectivity index (χ1n) is 10.0. The number of nitrogens with zero attached hydrogens (tertiary/aromatic N) is 3. The summed E-state index contributed by atoms with van der Waals surface area (Å²) in [5.74, 6) is 0.0499. The fourth-order valence-electron chi connectivity index (χ4n) is 3.86. The number of ether oxygens (including phenoxy) is 1. The molecular formula is C22H28N4O2. The monoisotopic (exact) mass is 380 g/mol. The number of carbonyl (C=O) groups is 1. The van der Waals surface area contributed by atoms with E-state index in [2.05, 4.69) is 50.3 Å². The van der Waals surface area contributed by atoms with Crippen LogP contribution in [-0.2, 0) is 9.53 Å². The topological polar surface area (TPSA) is 48.1 Å². The average Bonchev–Trinajstić information content (AvgIpc) is 2.76. The number of para-hydroxylation sites is 3. The van der Waals surface area contributed by atoms with E-state index >= 15 is 0 Å². The molecule has 2 heterocycles. The van der Waals surface area contributed by atoms with Crippen LogP contribution in [0.3, 0.4) is 0 Å². The lowest BCUT2D eigenvalue weighted by Gasteiger charge is -2.35. The molecule has 2 saturated heterocycles. The van der Waals surface area contributed by atoms with Crippen LogP contribution < -0.4 is 15.1 Å². The van der Waals surface area contributed by atoms with Gasteiger partial charge in [0.05, 0.1) is 31.1 Å². The van der Waals surface area contributed by atoms with Gasteiger partial charge in [-0.05, 0) is 24.3 Å². The summed E-state index contributed by atoms with van der Waals surface area (Å²) in [4.78, 5) is 19.5. The second-order valence-electron chi connectivity index (χ2n) is 7.26. The van der Waals surface area contributed by atoms with Crippen molar-refractivity contribution in [3.8, 4) is 0 Å². The smallest absolute Gasteiger partial charge is 0.238 e. The standard InChI is InChI=1S/C22H28N4O2/c27-22(18-24-10-12-25(13-11-24)19-6-2-1-3-7-19)23-20-8-4-5-9-21(20)26-14-16-28-17-15-26/h1-9H,10-18H2,(H,23,27). The van der Waals surface area contributed by atoms with E-state index in [0.29, 0.717) is 6.54 Å². The van der Waals surface area contributed by atoms with Crippen LogP contribution in [0.4, 0.5) is 17.1 Å². The van der Waals surface area contributed by atoms with E-state index in [0.717, 1.165) is 63.9 Å². The predicted molar refractivity (Wildman–Crippen MR) is 113 cm³/mol. The normalized spacial score (nSPS) is 18.1. The van der Waals surface area contributed by atoms with Gasteiger partial charge in [-0.25, -0.2) is 0 Å². The zero-order valence-corrected chi connectivity index (χ0v) is 16.2. The molecule has 0 aromatic heterocycles. The third-order valence-electron chi connectivity index (χ3n) is 5.39. The molecule has 2 aromatic carbocycles. The van der Waals surface area contributed by atoms with Crippen LogP contribution in [0.1, 0.15) is 0 Å². The van der Waals surface area contributed by atoms with Gasteiger partial charge in [0.15, 0.2) is 0 Å². The Kier molecular flexibility index (Phi) is 6.09. The zero-order chi connectivity index (χ0) is 19.2. The summed E-state index contributed by atoms with van der Waals surface area (Å²) in [6.07, 6.45) is 0. The van der Waals surface area contributed by atoms with Crippen molar-refractivity contribution in [1.82, 2.24) is 4.90 Å². The van der Waals surface area contributed by atoms with E-state index in [-0.39, 0.29) is 5.91 Å². The Morgan fingerprint density at radius 3 is 2.25 bits per heavy atom. The minimum absolute atomic E-state index is 0.0499. The molecular weight excluding hydrogens is 352 g/mol. The number of hydrogen-bond acceptors (Lipinski definition) is 5. The maximum absolute atomic E-state index is 12.7. The first-order valence-corrected chi connectivity index (χ1v) is 10.0. The van der Waals surface area contributed by atoms with Crippen LogP contribution in [-0.4, -0.2) is 69.8 Å². The highest BCUT2D eigenvalue weighted by molar-refractivity contribution is 5.95. The van der Waals surface area contributed by atoms with Gasteiger partial charge in [-0.15, -0.1) is 0 Å². The van der Waals surface area contributed by atoms with E-state index in [4.69, 9.17) is 4.74 Å². The van der Waals surface area contributed by atoms with Gasteiger partial charge in [0, 0.05) is 45.0 Å². The van der Waals surface area contributed by atoms with Crippen LogP contribution >= 0.6 is 0 Å². The minimum atomic E-state index is 0.0499. The molecule has 0 bridgehead atoms. The van der Waals surface area contributed by atoms with Crippen molar-refractivity contribution in [2.24, 2.45) is 0 Å². The number of carbonyl (C=O) groups excluding carboxylic acids is 1. The number of piperazine rings is 1. The summed E-state index contributed by atoms with van der Waals surface area (Å²) in [7, 11) is 0. The van der Waals surface area contributed by atoms with Crippen LogP contribution in [0.15, 0.2) is 54.6 Å². The molecule has 0 aliphatic carbocycles. The molecule has 0 saturated carbocycles. The van der Waals surface area contributed by atoms with Crippen LogP contribution in [0.5, 0.6) is 0 Å². The molecule has 6 nitrogen and oxygen atoms in total. The molecule has 0 atom stereocenters. The number of rotatable bonds is 5. The van der Waals surface area contributed by atoms with Crippen LogP contribution in [0.2, 0.25) is 0 Å². The number of hydrogen-bond donors (Lipinski definition) is 1. The highest BCUT2D eigenvalue weighted by atomic mass is 16.5. The molecule has 0 unspecified atom stereocenters. The van der Waals surface area contributed by atoms with E-state index in [1.165, 1.54) is 5.69 Å². The number of anilines is 3. The van der Waals surface area contributed by atoms with Crippen molar-refractivity contribution in [2.75, 3.05) is 74.1 Å². The second-order valence-corrected chi connectivity index (χ2v) is 7.26. The SMILES string of the molecule is O=C(CN1CCN(c2ccccc2)CC1)Nc1ccccc1N1CCOCC1. The van der Waals surface area contributed by atoms with Gasteiger partial charge in [-0.3, -0.25) is 9.69 Å². The quantitative estimate of drug-likeness (QED) is 0.862. The lowest BCUT2D eigenvalue weighted by molar-refractivity contribution is -0.117. The van der Waals surface area contributed by atoms with Crippen molar-refractivity contribution in [2.45, 2.75) is 0 Å². The molecule has 0 radical (unpaired) electrons. The lowest BCUT2D eigenvalue weighted by Crippen LogP contribution is -2.48. The average molecular weight is 380 g/mol. The van der Waals surface area contributed by atoms with Gasteiger partial charge in [0.2, 0.25) is 5.91 Å². The molecule has 1 amide bonds. The number of morpholine rings is 1. The summed E-state index contributed by atoms with van der Waals surface area (Å²) >= 11 is 0. The molecule has 2 aliphatic heterocycles. The van der Waals surface area contributed by atoms with Crippen LogP contribution in [0.25, 0.3) is 0 Å². The Hall–Kier alpha value is -2.57. The van der Waals surface area contributed by atoms with Gasteiger partial charge < -0.3 is 19.9 Å². The van der Waals surface area contributed by atoms with Crippen molar-refractivity contribution in [1.29, 1.82) is 0 Å². The molecule has 0 spiro atoms. The molecule has 148 valence electrons. The number of amides is 1. The summed E-state index contributed by atoms with van der Waals surface area (Å²) in [5.41, 5.74) is 3.22. The maximum Gasteiger partial charge on any atom is 0.238 e. The maximum atomic E-state index is 12.7.